The van der Waals surface area contributed by atoms with E-state index in [9.17, 15) is 8.42 Å². The molecule has 0 saturated heterocycles. The highest BCUT2D eigenvalue weighted by Crippen LogP contribution is 2.23. The molecule has 3 nitrogen and oxygen atoms in total. The van der Waals surface area contributed by atoms with Crippen LogP contribution in [0.4, 0.5) is 0 Å². The van der Waals surface area contributed by atoms with Crippen molar-refractivity contribution in [1.82, 2.24) is 5.32 Å². The first-order valence-electron chi connectivity index (χ1n) is 7.36. The van der Waals surface area contributed by atoms with E-state index >= 15 is 0 Å². The third kappa shape index (κ3) is 6.19. The fraction of sp³-hybridized carbons (Fsp3) is 1.00. The van der Waals surface area contributed by atoms with Crippen molar-refractivity contribution in [1.29, 1.82) is 0 Å². The van der Waals surface area contributed by atoms with Gasteiger partial charge in [0.05, 0.1) is 11.5 Å². The van der Waals surface area contributed by atoms with Crippen LogP contribution in [0, 0.1) is 11.8 Å². The maximum atomic E-state index is 11.9. The minimum atomic E-state index is -2.87. The molecule has 108 valence electrons. The van der Waals surface area contributed by atoms with Gasteiger partial charge in [0.15, 0.2) is 9.84 Å². The number of nitrogens with one attached hydrogen (secondary N) is 1. The van der Waals surface area contributed by atoms with Gasteiger partial charge in [0.2, 0.25) is 0 Å². The van der Waals surface area contributed by atoms with Crippen LogP contribution in [-0.4, -0.2) is 32.5 Å². The lowest BCUT2D eigenvalue weighted by Crippen LogP contribution is -2.37. The quantitative estimate of drug-likeness (QED) is 0.777. The van der Waals surface area contributed by atoms with Gasteiger partial charge in [0, 0.05) is 12.6 Å². The molecule has 0 aromatic heterocycles. The van der Waals surface area contributed by atoms with Gasteiger partial charge >= 0.3 is 0 Å². The third-order valence-corrected chi connectivity index (χ3v) is 5.92. The number of sulfone groups is 1. The summed E-state index contributed by atoms with van der Waals surface area (Å²) in [4.78, 5) is 0. The van der Waals surface area contributed by atoms with Crippen LogP contribution in [0.1, 0.15) is 52.9 Å². The van der Waals surface area contributed by atoms with E-state index in [-0.39, 0.29) is 5.92 Å². The van der Waals surface area contributed by atoms with Gasteiger partial charge in [-0.15, -0.1) is 0 Å². The van der Waals surface area contributed by atoms with Gasteiger partial charge in [-0.25, -0.2) is 8.42 Å². The third-order valence-electron chi connectivity index (χ3n) is 4.02. The lowest BCUT2D eigenvalue weighted by atomic mass is 9.87. The van der Waals surface area contributed by atoms with Gasteiger partial charge in [-0.1, -0.05) is 40.0 Å². The van der Waals surface area contributed by atoms with E-state index in [1.54, 1.807) is 0 Å². The van der Waals surface area contributed by atoms with Crippen molar-refractivity contribution in [3.63, 3.8) is 0 Å². The maximum absolute atomic E-state index is 11.9. The fourth-order valence-electron chi connectivity index (χ4n) is 2.67. The summed E-state index contributed by atoms with van der Waals surface area (Å²) >= 11 is 0. The molecule has 4 heteroatoms. The molecule has 0 bridgehead atoms. The van der Waals surface area contributed by atoms with Gasteiger partial charge in [-0.3, -0.25) is 0 Å². The van der Waals surface area contributed by atoms with E-state index in [1.165, 1.54) is 25.7 Å². The molecule has 0 radical (unpaired) electrons. The van der Waals surface area contributed by atoms with Crippen LogP contribution in [0.5, 0.6) is 0 Å². The summed E-state index contributed by atoms with van der Waals surface area (Å²) in [5.41, 5.74) is 0. The SMILES string of the molecule is CCC(C)CS(=O)(=O)CCNC1CCCC(C)C1. The summed E-state index contributed by atoms with van der Waals surface area (Å²) in [6.45, 7) is 6.96. The summed E-state index contributed by atoms with van der Waals surface area (Å²) in [6, 6.07) is 0.535. The maximum Gasteiger partial charge on any atom is 0.151 e. The Labute approximate surface area is 113 Å². The van der Waals surface area contributed by atoms with Gasteiger partial charge < -0.3 is 5.32 Å². The molecule has 3 unspecified atom stereocenters. The molecular weight excluding hydrogens is 246 g/mol. The minimum absolute atomic E-state index is 0.282. The summed E-state index contributed by atoms with van der Waals surface area (Å²) in [7, 11) is -2.87. The van der Waals surface area contributed by atoms with E-state index < -0.39 is 9.84 Å². The van der Waals surface area contributed by atoms with Gasteiger partial charge in [0.25, 0.3) is 0 Å². The van der Waals surface area contributed by atoms with Crippen molar-refractivity contribution in [3.8, 4) is 0 Å². The highest BCUT2D eigenvalue weighted by atomic mass is 32.2. The van der Waals surface area contributed by atoms with Crippen LogP contribution in [0.3, 0.4) is 0 Å². The van der Waals surface area contributed by atoms with Crippen LogP contribution < -0.4 is 5.32 Å². The first-order valence-corrected chi connectivity index (χ1v) is 9.19. The second kappa shape index (κ2) is 7.49. The zero-order valence-corrected chi connectivity index (χ0v) is 12.9. The molecule has 0 amide bonds. The van der Waals surface area contributed by atoms with Crippen LogP contribution in [0.15, 0.2) is 0 Å². The predicted molar refractivity (Wildman–Crippen MR) is 77.5 cm³/mol. The summed E-state index contributed by atoms with van der Waals surface area (Å²) < 4.78 is 23.7. The summed E-state index contributed by atoms with van der Waals surface area (Å²) in [5, 5.41) is 3.42. The predicted octanol–water partition coefficient (Wildman–Crippen LogP) is 2.62. The fourth-order valence-corrected chi connectivity index (χ4v) is 4.37. The highest BCUT2D eigenvalue weighted by molar-refractivity contribution is 7.91. The Hall–Kier alpha value is -0.0900. The molecule has 1 saturated carbocycles. The van der Waals surface area contributed by atoms with Crippen molar-refractivity contribution in [3.05, 3.63) is 0 Å². The van der Waals surface area contributed by atoms with Crippen LogP contribution in [0.2, 0.25) is 0 Å². The van der Waals surface area contributed by atoms with Crippen LogP contribution >= 0.6 is 0 Å². The van der Waals surface area contributed by atoms with Crippen molar-refractivity contribution < 1.29 is 8.42 Å². The zero-order valence-electron chi connectivity index (χ0n) is 12.1. The Morgan fingerprint density at radius 2 is 2.06 bits per heavy atom. The highest BCUT2D eigenvalue weighted by Gasteiger charge is 2.19. The molecule has 0 aromatic carbocycles. The molecule has 3 atom stereocenters. The first kappa shape index (κ1) is 16.0. The smallest absolute Gasteiger partial charge is 0.151 e. The Morgan fingerprint density at radius 1 is 1.33 bits per heavy atom. The molecule has 1 fully saturated rings. The second-order valence-electron chi connectivity index (χ2n) is 6.05. The molecule has 1 aliphatic rings. The number of hydrogen-bond donors (Lipinski definition) is 1. The van der Waals surface area contributed by atoms with E-state index in [0.29, 0.717) is 24.1 Å². The zero-order chi connectivity index (χ0) is 13.6. The first-order chi connectivity index (χ1) is 8.43. The number of rotatable bonds is 7. The Morgan fingerprint density at radius 3 is 2.67 bits per heavy atom. The molecule has 1 N–H and O–H groups in total. The van der Waals surface area contributed by atoms with Gasteiger partial charge in [-0.2, -0.15) is 0 Å². The molecule has 1 aliphatic carbocycles. The number of hydrogen-bond acceptors (Lipinski definition) is 3. The summed E-state index contributed by atoms with van der Waals surface area (Å²) in [5.74, 6) is 1.70. The average molecular weight is 275 g/mol. The Bertz CT molecular complexity index is 327. The van der Waals surface area contributed by atoms with Gasteiger partial charge in [0.1, 0.15) is 0 Å². The van der Waals surface area contributed by atoms with E-state index in [0.717, 1.165) is 12.3 Å². The molecule has 0 aromatic rings. The largest absolute Gasteiger partial charge is 0.313 e. The average Bonchev–Trinajstić information content (AvgIpc) is 2.28. The topological polar surface area (TPSA) is 46.2 Å². The lowest BCUT2D eigenvalue weighted by molar-refractivity contribution is 0.305. The van der Waals surface area contributed by atoms with Crippen molar-refractivity contribution in [2.45, 2.75) is 58.9 Å². The van der Waals surface area contributed by atoms with E-state index in [4.69, 9.17) is 0 Å². The Kier molecular flexibility index (Phi) is 6.64. The standard InChI is InChI=1S/C14H29NO2S/c1-4-12(2)11-18(16,17)9-8-15-14-7-5-6-13(3)10-14/h12-15H,4-11H2,1-3H3. The molecule has 1 rings (SSSR count). The van der Waals surface area contributed by atoms with Crippen molar-refractivity contribution in [2.75, 3.05) is 18.1 Å². The minimum Gasteiger partial charge on any atom is -0.313 e. The lowest BCUT2D eigenvalue weighted by Gasteiger charge is -2.27. The van der Waals surface area contributed by atoms with Crippen LogP contribution in [-0.2, 0) is 9.84 Å². The Balaban J connectivity index is 2.24. The molecule has 18 heavy (non-hydrogen) atoms. The second-order valence-corrected chi connectivity index (χ2v) is 8.28. The molecule has 0 spiro atoms. The van der Waals surface area contributed by atoms with Gasteiger partial charge in [-0.05, 0) is 24.7 Å². The molecule has 0 aliphatic heterocycles. The normalized spacial score (nSPS) is 27.1. The monoisotopic (exact) mass is 275 g/mol. The molecule has 0 heterocycles. The summed E-state index contributed by atoms with van der Waals surface area (Å²) in [6.07, 6.45) is 5.94. The van der Waals surface area contributed by atoms with Crippen molar-refractivity contribution in [2.24, 2.45) is 11.8 Å². The van der Waals surface area contributed by atoms with Crippen LogP contribution in [0.25, 0.3) is 0 Å². The molecular formula is C14H29NO2S. The van der Waals surface area contributed by atoms with E-state index in [1.807, 2.05) is 13.8 Å². The van der Waals surface area contributed by atoms with Crippen molar-refractivity contribution >= 4 is 9.84 Å². The van der Waals surface area contributed by atoms with E-state index in [2.05, 4.69) is 12.2 Å².